The van der Waals surface area contributed by atoms with Crippen LogP contribution < -0.4 is 9.47 Å². The van der Waals surface area contributed by atoms with E-state index in [1.807, 2.05) is 48.5 Å². The van der Waals surface area contributed by atoms with Crippen LogP contribution in [-0.2, 0) is 16.0 Å². The van der Waals surface area contributed by atoms with Crippen molar-refractivity contribution in [2.45, 2.75) is 33.1 Å². The quantitative estimate of drug-likeness (QED) is 0.471. The number of allylic oxidation sites excluding steroid dienone is 2. The smallest absolute Gasteiger partial charge is 0.161 e. The molecule has 0 N–H and O–H groups in total. The second kappa shape index (κ2) is 11.0. The first-order valence-corrected chi connectivity index (χ1v) is 9.66. The predicted octanol–water partition coefficient (Wildman–Crippen LogP) is 5.11. The summed E-state index contributed by atoms with van der Waals surface area (Å²) in [6.45, 7) is 11.4. The molecule has 2 rings (SSSR count). The van der Waals surface area contributed by atoms with E-state index in [4.69, 9.17) is 9.47 Å². The van der Waals surface area contributed by atoms with Gasteiger partial charge in [0.25, 0.3) is 0 Å². The number of ether oxygens (including phenoxy) is 2. The molecule has 0 aromatic heterocycles. The number of carbonyl (C=O) groups is 2. The van der Waals surface area contributed by atoms with Gasteiger partial charge >= 0.3 is 0 Å². The van der Waals surface area contributed by atoms with Crippen LogP contribution in [0, 0.1) is 0 Å². The molecule has 0 spiro atoms. The maximum atomic E-state index is 11.5. The van der Waals surface area contributed by atoms with Crippen LogP contribution in [-0.4, -0.2) is 24.8 Å². The summed E-state index contributed by atoms with van der Waals surface area (Å²) in [5, 5.41) is 0. The molecule has 4 nitrogen and oxygen atoms in total. The third-order valence-electron chi connectivity index (χ3n) is 4.40. The van der Waals surface area contributed by atoms with E-state index < -0.39 is 0 Å². The molecule has 0 fully saturated rings. The van der Waals surface area contributed by atoms with Crippen LogP contribution in [0.25, 0.3) is 0 Å². The van der Waals surface area contributed by atoms with Gasteiger partial charge in [0.2, 0.25) is 0 Å². The van der Waals surface area contributed by atoms with Gasteiger partial charge in [0.05, 0.1) is 13.2 Å². The zero-order valence-electron chi connectivity index (χ0n) is 17.2. The van der Waals surface area contributed by atoms with Crippen LogP contribution in [0.1, 0.15) is 37.8 Å². The van der Waals surface area contributed by atoms with Crippen LogP contribution in [0.3, 0.4) is 0 Å². The lowest BCUT2D eigenvalue weighted by Crippen LogP contribution is -2.06. The molecule has 0 aliphatic carbocycles. The molecule has 0 atom stereocenters. The van der Waals surface area contributed by atoms with Crippen LogP contribution in [0.2, 0.25) is 0 Å². The molecular formula is C25H28O4. The molecule has 0 heterocycles. The van der Waals surface area contributed by atoms with E-state index >= 15 is 0 Å². The Hall–Kier alpha value is -3.14. The molecule has 4 heteroatoms. The van der Waals surface area contributed by atoms with Crippen molar-refractivity contribution in [3.63, 3.8) is 0 Å². The first-order valence-electron chi connectivity index (χ1n) is 9.66. The normalized spacial score (nSPS) is 10.3. The van der Waals surface area contributed by atoms with Crippen LogP contribution >= 0.6 is 0 Å². The van der Waals surface area contributed by atoms with Crippen LogP contribution in [0.4, 0.5) is 0 Å². The Kier molecular flexibility index (Phi) is 8.41. The zero-order valence-corrected chi connectivity index (χ0v) is 17.2. The highest BCUT2D eigenvalue weighted by atomic mass is 16.5. The van der Waals surface area contributed by atoms with Crippen LogP contribution in [0.5, 0.6) is 11.5 Å². The van der Waals surface area contributed by atoms with Crippen molar-refractivity contribution in [2.75, 3.05) is 13.2 Å². The van der Waals surface area contributed by atoms with Gasteiger partial charge in [-0.25, -0.2) is 0 Å². The van der Waals surface area contributed by atoms with Crippen molar-refractivity contribution < 1.29 is 19.1 Å². The van der Waals surface area contributed by atoms with Gasteiger partial charge in [-0.1, -0.05) is 37.4 Å². The molecule has 29 heavy (non-hydrogen) atoms. The molecule has 0 radical (unpaired) electrons. The van der Waals surface area contributed by atoms with Crippen molar-refractivity contribution in [3.8, 4) is 11.5 Å². The van der Waals surface area contributed by atoms with Crippen molar-refractivity contribution in [1.29, 1.82) is 0 Å². The summed E-state index contributed by atoms with van der Waals surface area (Å²) in [7, 11) is 0. The molecule has 0 bridgehead atoms. The van der Waals surface area contributed by atoms with Gasteiger partial charge in [0.1, 0.15) is 11.5 Å². The summed E-state index contributed by atoms with van der Waals surface area (Å²) in [6, 6.07) is 15.7. The van der Waals surface area contributed by atoms with E-state index in [0.717, 1.165) is 29.0 Å². The van der Waals surface area contributed by atoms with Gasteiger partial charge in [0, 0.05) is 12.8 Å². The minimum absolute atomic E-state index is 0.0245. The number of rotatable bonds is 12. The zero-order chi connectivity index (χ0) is 21.2. The number of benzene rings is 2. The summed E-state index contributed by atoms with van der Waals surface area (Å²) in [4.78, 5) is 23.0. The number of hydrogen-bond acceptors (Lipinski definition) is 4. The summed E-state index contributed by atoms with van der Waals surface area (Å²) >= 11 is 0. The lowest BCUT2D eigenvalue weighted by Gasteiger charge is -2.09. The van der Waals surface area contributed by atoms with Gasteiger partial charge in [-0.2, -0.15) is 0 Å². The Morgan fingerprint density at radius 2 is 1.03 bits per heavy atom. The standard InChI is InChI=1S/C25H28O4/c1-18(2)24(26)13-15-28-22-9-5-20(6-10-22)17-21-7-11-23(12-8-21)29-16-14-25(27)19(3)4/h5-12H,1,3,13-17H2,2,4H3. The third kappa shape index (κ3) is 7.78. The molecule has 2 aromatic carbocycles. The average molecular weight is 392 g/mol. The minimum Gasteiger partial charge on any atom is -0.493 e. The highest BCUT2D eigenvalue weighted by Crippen LogP contribution is 2.18. The maximum Gasteiger partial charge on any atom is 0.161 e. The fourth-order valence-electron chi connectivity index (χ4n) is 2.59. The van der Waals surface area contributed by atoms with E-state index in [2.05, 4.69) is 13.2 Å². The second-order valence-electron chi connectivity index (χ2n) is 7.07. The molecule has 0 aliphatic rings. The topological polar surface area (TPSA) is 52.6 Å². The third-order valence-corrected chi connectivity index (χ3v) is 4.40. The van der Waals surface area contributed by atoms with Crippen molar-refractivity contribution >= 4 is 11.6 Å². The van der Waals surface area contributed by atoms with E-state index in [1.54, 1.807) is 13.8 Å². The molecule has 0 aliphatic heterocycles. The Morgan fingerprint density at radius 3 is 1.34 bits per heavy atom. The van der Waals surface area contributed by atoms with E-state index in [1.165, 1.54) is 0 Å². The molecular weight excluding hydrogens is 364 g/mol. The average Bonchev–Trinajstić information content (AvgIpc) is 2.70. The first-order chi connectivity index (χ1) is 13.8. The summed E-state index contributed by atoms with van der Waals surface area (Å²) in [6.07, 6.45) is 1.47. The number of hydrogen-bond donors (Lipinski definition) is 0. The molecule has 0 saturated carbocycles. The van der Waals surface area contributed by atoms with Gasteiger partial charge in [-0.05, 0) is 66.8 Å². The van der Waals surface area contributed by atoms with E-state index in [-0.39, 0.29) is 11.6 Å². The molecule has 0 unspecified atom stereocenters. The van der Waals surface area contributed by atoms with Crippen LogP contribution in [0.15, 0.2) is 72.8 Å². The summed E-state index contributed by atoms with van der Waals surface area (Å²) in [5.74, 6) is 1.54. The Balaban J connectivity index is 1.79. The second-order valence-corrected chi connectivity index (χ2v) is 7.07. The van der Waals surface area contributed by atoms with Gasteiger partial charge in [-0.3, -0.25) is 9.59 Å². The fraction of sp³-hybridized carbons (Fsp3) is 0.280. The largest absolute Gasteiger partial charge is 0.493 e. The van der Waals surface area contributed by atoms with Crippen molar-refractivity contribution in [1.82, 2.24) is 0 Å². The Morgan fingerprint density at radius 1 is 0.690 bits per heavy atom. The number of carbonyl (C=O) groups excluding carboxylic acids is 2. The monoisotopic (exact) mass is 392 g/mol. The first kappa shape index (κ1) is 22.2. The molecule has 152 valence electrons. The lowest BCUT2D eigenvalue weighted by atomic mass is 10.0. The van der Waals surface area contributed by atoms with E-state index in [9.17, 15) is 9.59 Å². The van der Waals surface area contributed by atoms with Gasteiger partial charge < -0.3 is 9.47 Å². The predicted molar refractivity (Wildman–Crippen MR) is 116 cm³/mol. The molecule has 0 amide bonds. The van der Waals surface area contributed by atoms with Gasteiger partial charge in [0.15, 0.2) is 11.6 Å². The van der Waals surface area contributed by atoms with Crippen molar-refractivity contribution in [3.05, 3.63) is 84.0 Å². The summed E-state index contributed by atoms with van der Waals surface area (Å²) in [5.41, 5.74) is 3.44. The highest BCUT2D eigenvalue weighted by molar-refractivity contribution is 5.94. The number of ketones is 2. The highest BCUT2D eigenvalue weighted by Gasteiger charge is 2.05. The van der Waals surface area contributed by atoms with E-state index in [0.29, 0.717) is 37.2 Å². The SMILES string of the molecule is C=C(C)C(=O)CCOc1ccc(Cc2ccc(OCCC(=O)C(=C)C)cc2)cc1. The molecule has 2 aromatic rings. The Labute approximate surface area is 172 Å². The van der Waals surface area contributed by atoms with Gasteiger partial charge in [-0.15, -0.1) is 0 Å². The summed E-state index contributed by atoms with van der Waals surface area (Å²) < 4.78 is 11.2. The van der Waals surface area contributed by atoms with Crippen molar-refractivity contribution in [2.24, 2.45) is 0 Å². The number of Topliss-reactive ketones (excluding diaryl/α,β-unsaturated/α-hetero) is 2. The maximum absolute atomic E-state index is 11.5. The lowest BCUT2D eigenvalue weighted by molar-refractivity contribution is -0.116. The minimum atomic E-state index is 0.0245. The molecule has 0 saturated heterocycles. The fourth-order valence-corrected chi connectivity index (χ4v) is 2.59. The Bertz CT molecular complexity index is 787.